The number of rotatable bonds is 3. The molecule has 0 atom stereocenters. The average molecular weight is 292 g/mol. The molecule has 1 aliphatic heterocycles. The summed E-state index contributed by atoms with van der Waals surface area (Å²) in [6.07, 6.45) is 1.86. The molecule has 108 valence electrons. The molecular formula is C14H20N4OS. The van der Waals surface area contributed by atoms with Crippen LogP contribution < -0.4 is 16.0 Å². The van der Waals surface area contributed by atoms with Crippen molar-refractivity contribution in [3.05, 3.63) is 23.4 Å². The van der Waals surface area contributed by atoms with E-state index < -0.39 is 0 Å². The van der Waals surface area contributed by atoms with Gasteiger partial charge in [0.25, 0.3) is 0 Å². The molecule has 6 heteroatoms. The van der Waals surface area contributed by atoms with Crippen LogP contribution >= 0.6 is 12.2 Å². The van der Waals surface area contributed by atoms with Crippen LogP contribution in [0.2, 0.25) is 0 Å². The summed E-state index contributed by atoms with van der Waals surface area (Å²) in [5, 5.41) is 2.97. The van der Waals surface area contributed by atoms with Gasteiger partial charge in [0.1, 0.15) is 10.8 Å². The predicted octanol–water partition coefficient (Wildman–Crippen LogP) is 1.13. The first-order valence-electron chi connectivity index (χ1n) is 6.76. The van der Waals surface area contributed by atoms with Crippen molar-refractivity contribution in [2.24, 2.45) is 5.73 Å². The second kappa shape index (κ2) is 6.17. The molecule has 0 saturated carbocycles. The summed E-state index contributed by atoms with van der Waals surface area (Å²) in [4.78, 5) is 18.2. The average Bonchev–Trinajstić information content (AvgIpc) is 2.38. The van der Waals surface area contributed by atoms with Crippen LogP contribution in [-0.2, 0) is 4.79 Å². The van der Waals surface area contributed by atoms with E-state index in [4.69, 9.17) is 18.0 Å². The Balaban J connectivity index is 2.07. The molecule has 1 saturated heterocycles. The highest BCUT2D eigenvalue weighted by Crippen LogP contribution is 2.20. The minimum Gasteiger partial charge on any atom is -0.389 e. The van der Waals surface area contributed by atoms with Crippen molar-refractivity contribution >= 4 is 28.9 Å². The third kappa shape index (κ3) is 3.66. The van der Waals surface area contributed by atoms with E-state index in [1.165, 1.54) is 0 Å². The summed E-state index contributed by atoms with van der Waals surface area (Å²) in [6.45, 7) is 5.24. The van der Waals surface area contributed by atoms with Gasteiger partial charge in [-0.15, -0.1) is 0 Å². The molecule has 1 amide bonds. The monoisotopic (exact) mass is 292 g/mol. The number of hydrogen-bond acceptors (Lipinski definition) is 4. The van der Waals surface area contributed by atoms with Crippen molar-refractivity contribution in [2.45, 2.75) is 32.7 Å². The Morgan fingerprint density at radius 3 is 2.65 bits per heavy atom. The number of carbonyl (C=O) groups excluding carboxylic acids is 1. The molecule has 0 aromatic carbocycles. The third-order valence-corrected chi connectivity index (χ3v) is 3.69. The van der Waals surface area contributed by atoms with E-state index >= 15 is 0 Å². The number of nitrogens with two attached hydrogens (primary N) is 1. The Morgan fingerprint density at radius 2 is 2.10 bits per heavy atom. The van der Waals surface area contributed by atoms with E-state index in [2.05, 4.69) is 15.2 Å². The number of pyridine rings is 1. The molecule has 5 nitrogen and oxygen atoms in total. The Kier molecular flexibility index (Phi) is 4.54. The first-order valence-corrected chi connectivity index (χ1v) is 7.17. The SMILES string of the molecule is CC(=O)NC1CCN(c2cc(C(N)=S)cc(C)n2)CC1. The molecule has 1 aliphatic rings. The summed E-state index contributed by atoms with van der Waals surface area (Å²) in [6, 6.07) is 4.10. The lowest BCUT2D eigenvalue weighted by atomic mass is 10.0. The topological polar surface area (TPSA) is 71.2 Å². The zero-order chi connectivity index (χ0) is 14.7. The molecule has 0 spiro atoms. The molecule has 0 aliphatic carbocycles. The Morgan fingerprint density at radius 1 is 1.45 bits per heavy atom. The number of nitrogens with zero attached hydrogens (tertiary/aromatic N) is 2. The molecule has 20 heavy (non-hydrogen) atoms. The van der Waals surface area contributed by atoms with Crippen molar-refractivity contribution in [1.82, 2.24) is 10.3 Å². The normalized spacial score (nSPS) is 16.0. The van der Waals surface area contributed by atoms with Crippen molar-refractivity contribution in [3.8, 4) is 0 Å². The highest BCUT2D eigenvalue weighted by Gasteiger charge is 2.21. The van der Waals surface area contributed by atoms with Gasteiger partial charge < -0.3 is 16.0 Å². The van der Waals surface area contributed by atoms with E-state index in [9.17, 15) is 4.79 Å². The smallest absolute Gasteiger partial charge is 0.217 e. The van der Waals surface area contributed by atoms with Gasteiger partial charge in [-0.1, -0.05) is 12.2 Å². The van der Waals surface area contributed by atoms with Crippen molar-refractivity contribution in [2.75, 3.05) is 18.0 Å². The maximum absolute atomic E-state index is 11.1. The highest BCUT2D eigenvalue weighted by molar-refractivity contribution is 7.80. The lowest BCUT2D eigenvalue weighted by Crippen LogP contribution is -2.44. The molecule has 1 fully saturated rings. The van der Waals surface area contributed by atoms with Gasteiger partial charge in [-0.25, -0.2) is 4.98 Å². The minimum atomic E-state index is 0.0351. The van der Waals surface area contributed by atoms with Gasteiger partial charge in [0.2, 0.25) is 5.91 Å². The summed E-state index contributed by atoms with van der Waals surface area (Å²) in [7, 11) is 0. The number of thiocarbonyl (C=S) groups is 1. The van der Waals surface area contributed by atoms with Crippen LogP contribution in [-0.4, -0.2) is 35.0 Å². The van der Waals surface area contributed by atoms with Crippen LogP contribution in [0, 0.1) is 6.92 Å². The highest BCUT2D eigenvalue weighted by atomic mass is 32.1. The molecule has 0 bridgehead atoms. The zero-order valence-electron chi connectivity index (χ0n) is 11.8. The van der Waals surface area contributed by atoms with E-state index in [-0.39, 0.29) is 11.9 Å². The van der Waals surface area contributed by atoms with Crippen molar-refractivity contribution in [3.63, 3.8) is 0 Å². The standard InChI is InChI=1S/C14H20N4OS/c1-9-7-11(14(15)20)8-13(16-9)18-5-3-12(4-6-18)17-10(2)19/h7-8,12H,3-6H2,1-2H3,(H2,15,20)(H,17,19). The fourth-order valence-corrected chi connectivity index (χ4v) is 2.61. The molecule has 2 rings (SSSR count). The zero-order valence-corrected chi connectivity index (χ0v) is 12.7. The second-order valence-corrected chi connectivity index (χ2v) is 5.62. The molecule has 0 radical (unpaired) electrons. The summed E-state index contributed by atoms with van der Waals surface area (Å²) < 4.78 is 0. The summed E-state index contributed by atoms with van der Waals surface area (Å²) >= 11 is 5.03. The third-order valence-electron chi connectivity index (χ3n) is 3.45. The van der Waals surface area contributed by atoms with Gasteiger partial charge >= 0.3 is 0 Å². The predicted molar refractivity (Wildman–Crippen MR) is 83.9 cm³/mol. The van der Waals surface area contributed by atoms with Crippen LogP contribution in [0.3, 0.4) is 0 Å². The van der Waals surface area contributed by atoms with Gasteiger partial charge in [-0.05, 0) is 31.9 Å². The molecule has 3 N–H and O–H groups in total. The number of nitrogens with one attached hydrogen (secondary N) is 1. The summed E-state index contributed by atoms with van der Waals surface area (Å²) in [5.74, 6) is 0.946. The molecule has 1 aromatic heterocycles. The van der Waals surface area contributed by atoms with Crippen LogP contribution in [0.5, 0.6) is 0 Å². The van der Waals surface area contributed by atoms with E-state index in [0.29, 0.717) is 4.99 Å². The second-order valence-electron chi connectivity index (χ2n) is 5.18. The number of piperidine rings is 1. The van der Waals surface area contributed by atoms with Crippen LogP contribution in [0.15, 0.2) is 12.1 Å². The van der Waals surface area contributed by atoms with Gasteiger partial charge in [0.05, 0.1) is 0 Å². The number of anilines is 1. The lowest BCUT2D eigenvalue weighted by Gasteiger charge is -2.33. The van der Waals surface area contributed by atoms with E-state index in [0.717, 1.165) is 43.0 Å². The number of aryl methyl sites for hydroxylation is 1. The van der Waals surface area contributed by atoms with Gasteiger partial charge in [-0.3, -0.25) is 4.79 Å². The van der Waals surface area contributed by atoms with E-state index in [1.54, 1.807) is 6.92 Å². The Bertz CT molecular complexity index is 524. The van der Waals surface area contributed by atoms with Crippen molar-refractivity contribution in [1.29, 1.82) is 0 Å². The van der Waals surface area contributed by atoms with Gasteiger partial charge in [0.15, 0.2) is 0 Å². The number of hydrogen-bond donors (Lipinski definition) is 2. The van der Waals surface area contributed by atoms with Crippen LogP contribution in [0.1, 0.15) is 31.0 Å². The number of amides is 1. The first-order chi connectivity index (χ1) is 9.45. The maximum Gasteiger partial charge on any atom is 0.217 e. The molecule has 0 unspecified atom stereocenters. The quantitative estimate of drug-likeness (QED) is 0.817. The van der Waals surface area contributed by atoms with Crippen LogP contribution in [0.25, 0.3) is 0 Å². The fourth-order valence-electron chi connectivity index (χ4n) is 2.50. The van der Waals surface area contributed by atoms with E-state index in [1.807, 2.05) is 19.1 Å². The fraction of sp³-hybridized carbons (Fsp3) is 0.500. The lowest BCUT2D eigenvalue weighted by molar-refractivity contribution is -0.119. The first kappa shape index (κ1) is 14.7. The molecule has 1 aromatic rings. The Labute approximate surface area is 124 Å². The number of carbonyl (C=O) groups is 1. The van der Waals surface area contributed by atoms with Crippen molar-refractivity contribution < 1.29 is 4.79 Å². The van der Waals surface area contributed by atoms with Gasteiger partial charge in [-0.2, -0.15) is 0 Å². The molecule has 2 heterocycles. The van der Waals surface area contributed by atoms with Crippen LogP contribution in [0.4, 0.5) is 5.82 Å². The molecular weight excluding hydrogens is 272 g/mol. The van der Waals surface area contributed by atoms with Gasteiger partial charge in [0, 0.05) is 37.3 Å². The largest absolute Gasteiger partial charge is 0.389 e. The Hall–Kier alpha value is -1.69. The minimum absolute atomic E-state index is 0.0351. The summed E-state index contributed by atoms with van der Waals surface area (Å²) in [5.41, 5.74) is 7.46. The maximum atomic E-state index is 11.1. The number of aromatic nitrogens is 1.